The van der Waals surface area contributed by atoms with Crippen molar-refractivity contribution in [2.45, 2.75) is 18.8 Å². The molecule has 1 aliphatic rings. The van der Waals surface area contributed by atoms with Gasteiger partial charge in [-0.3, -0.25) is 4.79 Å². The van der Waals surface area contributed by atoms with Crippen LogP contribution in [-0.2, 0) is 4.79 Å². The molecule has 1 fully saturated rings. The summed E-state index contributed by atoms with van der Waals surface area (Å²) in [5.74, 6) is 1.04. The molecule has 2 aromatic carbocycles. The minimum Gasteiger partial charge on any atom is -0.440 e. The van der Waals surface area contributed by atoms with Crippen molar-refractivity contribution >= 4 is 23.1 Å². The molecule has 0 atom stereocenters. The van der Waals surface area contributed by atoms with Gasteiger partial charge in [-0.1, -0.05) is 24.3 Å². The molecule has 0 N–H and O–H groups in total. The number of nitrogens with zero attached hydrogens (tertiary/aromatic N) is 3. The highest BCUT2D eigenvalue weighted by molar-refractivity contribution is 5.91. The van der Waals surface area contributed by atoms with Crippen molar-refractivity contribution in [2.75, 3.05) is 13.1 Å². The third kappa shape index (κ3) is 3.75. The molecule has 1 aromatic heterocycles. The fraction of sp³-hybridized carbons (Fsp3) is 0.227. The van der Waals surface area contributed by atoms with Crippen molar-refractivity contribution in [3.8, 4) is 6.07 Å². The van der Waals surface area contributed by atoms with Crippen LogP contribution in [0.5, 0.6) is 0 Å². The fourth-order valence-corrected chi connectivity index (χ4v) is 3.35. The minimum absolute atomic E-state index is 0.00961. The first-order chi connectivity index (χ1) is 13.2. The SMILES string of the molecule is N#Cc1ccc(C=CC(=O)N2CCC(c3nc4ccccc4o3)CC2)cc1. The van der Waals surface area contributed by atoms with Crippen LogP contribution in [0.4, 0.5) is 0 Å². The number of benzene rings is 2. The molecule has 134 valence electrons. The van der Waals surface area contributed by atoms with Gasteiger partial charge < -0.3 is 9.32 Å². The van der Waals surface area contributed by atoms with Crippen LogP contribution in [0.3, 0.4) is 0 Å². The lowest BCUT2D eigenvalue weighted by Gasteiger charge is -2.29. The van der Waals surface area contributed by atoms with E-state index in [0.717, 1.165) is 35.4 Å². The molecule has 0 radical (unpaired) electrons. The van der Waals surface area contributed by atoms with Crippen molar-refractivity contribution in [2.24, 2.45) is 0 Å². The Balaban J connectivity index is 1.36. The van der Waals surface area contributed by atoms with Crippen LogP contribution < -0.4 is 0 Å². The normalized spacial score (nSPS) is 15.3. The first-order valence-electron chi connectivity index (χ1n) is 9.05. The van der Waals surface area contributed by atoms with E-state index in [-0.39, 0.29) is 11.8 Å². The van der Waals surface area contributed by atoms with E-state index in [1.54, 1.807) is 24.3 Å². The molecule has 0 aliphatic carbocycles. The zero-order valence-electron chi connectivity index (χ0n) is 14.8. The Bertz CT molecular complexity index is 987. The second-order valence-corrected chi connectivity index (χ2v) is 6.69. The molecule has 3 aromatic rings. The van der Waals surface area contributed by atoms with Gasteiger partial charge in [0.1, 0.15) is 5.52 Å². The van der Waals surface area contributed by atoms with Crippen LogP contribution in [0, 0.1) is 11.3 Å². The van der Waals surface area contributed by atoms with Crippen molar-refractivity contribution in [1.82, 2.24) is 9.88 Å². The summed E-state index contributed by atoms with van der Waals surface area (Å²) in [4.78, 5) is 18.9. The third-order valence-corrected chi connectivity index (χ3v) is 4.92. The van der Waals surface area contributed by atoms with Crippen molar-refractivity contribution in [1.29, 1.82) is 5.26 Å². The van der Waals surface area contributed by atoms with Crippen LogP contribution in [0.1, 0.15) is 35.8 Å². The zero-order valence-corrected chi connectivity index (χ0v) is 14.8. The number of likely N-dealkylation sites (tertiary alicyclic amines) is 1. The zero-order chi connectivity index (χ0) is 18.6. The first-order valence-corrected chi connectivity index (χ1v) is 9.05. The number of para-hydroxylation sites is 2. The highest BCUT2D eigenvalue weighted by atomic mass is 16.3. The van der Waals surface area contributed by atoms with Gasteiger partial charge in [-0.25, -0.2) is 4.98 Å². The van der Waals surface area contributed by atoms with Crippen LogP contribution in [0.25, 0.3) is 17.2 Å². The number of oxazole rings is 1. The van der Waals surface area contributed by atoms with Gasteiger partial charge in [0, 0.05) is 25.1 Å². The highest BCUT2D eigenvalue weighted by Gasteiger charge is 2.26. The van der Waals surface area contributed by atoms with E-state index in [4.69, 9.17) is 9.68 Å². The van der Waals surface area contributed by atoms with E-state index in [2.05, 4.69) is 11.1 Å². The number of piperidine rings is 1. The molecule has 0 bridgehead atoms. The quantitative estimate of drug-likeness (QED) is 0.661. The number of rotatable bonds is 3. The summed E-state index contributed by atoms with van der Waals surface area (Å²) >= 11 is 0. The Morgan fingerprint density at radius 2 is 1.89 bits per heavy atom. The molecule has 1 saturated heterocycles. The molecule has 0 spiro atoms. The molecule has 2 heterocycles. The predicted molar refractivity (Wildman–Crippen MR) is 103 cm³/mol. The predicted octanol–water partition coefficient (Wildman–Crippen LogP) is 4.12. The van der Waals surface area contributed by atoms with Crippen LogP contribution in [-0.4, -0.2) is 28.9 Å². The summed E-state index contributed by atoms with van der Waals surface area (Å²) in [6.07, 6.45) is 5.09. The molecular weight excluding hydrogens is 338 g/mol. The maximum Gasteiger partial charge on any atom is 0.246 e. The number of fused-ring (bicyclic) bond motifs is 1. The van der Waals surface area contributed by atoms with E-state index < -0.39 is 0 Å². The second-order valence-electron chi connectivity index (χ2n) is 6.69. The van der Waals surface area contributed by atoms with Crippen LogP contribution in [0.2, 0.25) is 0 Å². The lowest BCUT2D eigenvalue weighted by atomic mass is 9.96. The summed E-state index contributed by atoms with van der Waals surface area (Å²) in [6, 6.07) is 17.0. The molecule has 4 rings (SSSR count). The summed E-state index contributed by atoms with van der Waals surface area (Å²) < 4.78 is 5.88. The maximum atomic E-state index is 12.4. The molecule has 0 unspecified atom stereocenters. The van der Waals surface area contributed by atoms with Crippen molar-refractivity contribution < 1.29 is 9.21 Å². The van der Waals surface area contributed by atoms with Crippen LogP contribution in [0.15, 0.2) is 59.0 Å². The van der Waals surface area contributed by atoms with Gasteiger partial charge >= 0.3 is 0 Å². The lowest BCUT2D eigenvalue weighted by molar-refractivity contribution is -0.127. The first kappa shape index (κ1) is 17.0. The molecule has 5 heteroatoms. The Hall–Kier alpha value is -3.39. The van der Waals surface area contributed by atoms with Gasteiger partial charge in [0.15, 0.2) is 11.5 Å². The van der Waals surface area contributed by atoms with Gasteiger partial charge in [0.25, 0.3) is 0 Å². The Kier molecular flexibility index (Phi) is 4.71. The number of carbonyl (C=O) groups is 1. The molecule has 0 saturated carbocycles. The van der Waals surface area contributed by atoms with Gasteiger partial charge in [-0.15, -0.1) is 0 Å². The molecule has 1 amide bonds. The minimum atomic E-state index is 0.00961. The molecule has 5 nitrogen and oxygen atoms in total. The van der Waals surface area contributed by atoms with Gasteiger partial charge in [0.2, 0.25) is 5.91 Å². The molecule has 27 heavy (non-hydrogen) atoms. The summed E-state index contributed by atoms with van der Waals surface area (Å²) in [5.41, 5.74) is 3.22. The van der Waals surface area contributed by atoms with Gasteiger partial charge in [-0.05, 0) is 48.7 Å². The Labute approximate surface area is 157 Å². The van der Waals surface area contributed by atoms with Crippen molar-refractivity contribution in [3.63, 3.8) is 0 Å². The number of aromatic nitrogens is 1. The Morgan fingerprint density at radius 1 is 1.15 bits per heavy atom. The van der Waals surface area contributed by atoms with Gasteiger partial charge in [0.05, 0.1) is 11.6 Å². The average Bonchev–Trinajstić information content (AvgIpc) is 3.17. The van der Waals surface area contributed by atoms with E-state index >= 15 is 0 Å². The highest BCUT2D eigenvalue weighted by Crippen LogP contribution is 2.30. The number of hydrogen-bond donors (Lipinski definition) is 0. The standard InChI is InChI=1S/C22H19N3O2/c23-15-17-7-5-16(6-8-17)9-10-21(26)25-13-11-18(12-14-25)22-24-19-3-1-2-4-20(19)27-22/h1-10,18H,11-14H2. The smallest absolute Gasteiger partial charge is 0.246 e. The number of nitriles is 1. The second kappa shape index (κ2) is 7.46. The molecular formula is C22H19N3O2. The maximum absolute atomic E-state index is 12.4. The topological polar surface area (TPSA) is 70.1 Å². The van der Waals surface area contributed by atoms with Crippen LogP contribution >= 0.6 is 0 Å². The van der Waals surface area contributed by atoms with Crippen molar-refractivity contribution in [3.05, 3.63) is 71.6 Å². The van der Waals surface area contributed by atoms with E-state index in [0.29, 0.717) is 18.7 Å². The van der Waals surface area contributed by atoms with E-state index in [1.807, 2.05) is 41.3 Å². The number of carbonyl (C=O) groups excluding carboxylic acids is 1. The van der Waals surface area contributed by atoms with Gasteiger partial charge in [-0.2, -0.15) is 5.26 Å². The summed E-state index contributed by atoms with van der Waals surface area (Å²) in [6.45, 7) is 1.39. The Morgan fingerprint density at radius 3 is 2.59 bits per heavy atom. The number of amides is 1. The summed E-state index contributed by atoms with van der Waals surface area (Å²) in [5, 5.41) is 8.82. The third-order valence-electron chi connectivity index (χ3n) is 4.92. The average molecular weight is 357 g/mol. The number of hydrogen-bond acceptors (Lipinski definition) is 4. The largest absolute Gasteiger partial charge is 0.440 e. The summed E-state index contributed by atoms with van der Waals surface area (Å²) in [7, 11) is 0. The lowest BCUT2D eigenvalue weighted by Crippen LogP contribution is -2.36. The molecule has 1 aliphatic heterocycles. The van der Waals surface area contributed by atoms with E-state index in [9.17, 15) is 4.79 Å². The van der Waals surface area contributed by atoms with E-state index in [1.165, 1.54) is 0 Å². The fourth-order valence-electron chi connectivity index (χ4n) is 3.35. The monoisotopic (exact) mass is 357 g/mol.